The van der Waals surface area contributed by atoms with E-state index in [4.69, 9.17) is 10.2 Å². The first-order valence-corrected chi connectivity index (χ1v) is 7.37. The van der Waals surface area contributed by atoms with Crippen molar-refractivity contribution >= 4 is 5.91 Å². The fraction of sp³-hybridized carbons (Fsp3) is 0.667. The van der Waals surface area contributed by atoms with Gasteiger partial charge in [0.15, 0.2) is 0 Å². The number of hydrogen-bond acceptors (Lipinski definition) is 4. The summed E-state index contributed by atoms with van der Waals surface area (Å²) < 4.78 is 5.28. The standard InChI is InChI=1S/C15H25N3O2/c1-11(16)13-5-7-18(8-6-13)10-15(19)17-12(2)14-4-3-9-20-14/h3-4,9,11-13H,5-8,10,16H2,1-2H3,(H,17,19). The normalized spacial score (nSPS) is 20.6. The van der Waals surface area contributed by atoms with Gasteiger partial charge in [0, 0.05) is 6.04 Å². The highest BCUT2D eigenvalue weighted by Crippen LogP contribution is 2.19. The molecular weight excluding hydrogens is 254 g/mol. The molecule has 1 aliphatic rings. The zero-order valence-corrected chi connectivity index (χ0v) is 12.3. The maximum atomic E-state index is 12.0. The number of nitrogens with one attached hydrogen (secondary N) is 1. The Bertz CT molecular complexity index is 409. The van der Waals surface area contributed by atoms with E-state index in [9.17, 15) is 4.79 Å². The Morgan fingerprint density at radius 2 is 2.20 bits per heavy atom. The van der Waals surface area contributed by atoms with Crippen LogP contribution >= 0.6 is 0 Å². The van der Waals surface area contributed by atoms with E-state index in [1.165, 1.54) is 0 Å². The minimum absolute atomic E-state index is 0.0492. The molecule has 1 aliphatic heterocycles. The first-order chi connectivity index (χ1) is 9.56. The lowest BCUT2D eigenvalue weighted by Crippen LogP contribution is -2.44. The number of nitrogens with two attached hydrogens (primary N) is 1. The van der Waals surface area contributed by atoms with Crippen molar-refractivity contribution in [3.8, 4) is 0 Å². The molecule has 0 radical (unpaired) electrons. The third kappa shape index (κ3) is 4.08. The minimum atomic E-state index is -0.0842. The Morgan fingerprint density at radius 3 is 2.75 bits per heavy atom. The number of rotatable bonds is 5. The summed E-state index contributed by atoms with van der Waals surface area (Å²) in [6, 6.07) is 3.87. The van der Waals surface area contributed by atoms with Crippen molar-refractivity contribution in [3.05, 3.63) is 24.2 Å². The van der Waals surface area contributed by atoms with Crippen LogP contribution in [0.1, 0.15) is 38.5 Å². The van der Waals surface area contributed by atoms with Crippen LogP contribution in [0, 0.1) is 5.92 Å². The smallest absolute Gasteiger partial charge is 0.234 e. The van der Waals surface area contributed by atoms with Crippen LogP contribution in [0.2, 0.25) is 0 Å². The lowest BCUT2D eigenvalue weighted by molar-refractivity contribution is -0.123. The number of furan rings is 1. The first-order valence-electron chi connectivity index (χ1n) is 7.37. The number of nitrogens with zero attached hydrogens (tertiary/aromatic N) is 1. The maximum absolute atomic E-state index is 12.0. The SMILES string of the molecule is CC(NC(=O)CN1CCC(C(C)N)CC1)c1ccco1. The summed E-state index contributed by atoms with van der Waals surface area (Å²) in [5.74, 6) is 1.43. The van der Waals surface area contributed by atoms with E-state index in [-0.39, 0.29) is 18.0 Å². The van der Waals surface area contributed by atoms with E-state index in [1.54, 1.807) is 6.26 Å². The number of piperidine rings is 1. The Labute approximate surface area is 120 Å². The molecule has 3 N–H and O–H groups in total. The monoisotopic (exact) mass is 279 g/mol. The summed E-state index contributed by atoms with van der Waals surface area (Å²) in [7, 11) is 0. The number of carbonyl (C=O) groups excluding carboxylic acids is 1. The largest absolute Gasteiger partial charge is 0.467 e. The third-order valence-electron chi connectivity index (χ3n) is 4.09. The Morgan fingerprint density at radius 1 is 1.50 bits per heavy atom. The molecule has 0 spiro atoms. The summed E-state index contributed by atoms with van der Waals surface area (Å²) in [5, 5.41) is 2.96. The van der Waals surface area contributed by atoms with Crippen molar-refractivity contribution in [2.45, 2.75) is 38.8 Å². The van der Waals surface area contributed by atoms with Crippen molar-refractivity contribution in [2.75, 3.05) is 19.6 Å². The lowest BCUT2D eigenvalue weighted by Gasteiger charge is -2.33. The molecule has 5 heteroatoms. The second kappa shape index (κ2) is 6.90. The van der Waals surface area contributed by atoms with Gasteiger partial charge in [-0.1, -0.05) is 0 Å². The minimum Gasteiger partial charge on any atom is -0.467 e. The zero-order valence-electron chi connectivity index (χ0n) is 12.3. The van der Waals surface area contributed by atoms with E-state index in [0.29, 0.717) is 12.5 Å². The van der Waals surface area contributed by atoms with E-state index in [1.807, 2.05) is 19.1 Å². The molecule has 0 bridgehead atoms. The van der Waals surface area contributed by atoms with Gasteiger partial charge in [-0.2, -0.15) is 0 Å². The maximum Gasteiger partial charge on any atom is 0.234 e. The molecule has 1 aromatic rings. The van der Waals surface area contributed by atoms with Gasteiger partial charge < -0.3 is 15.5 Å². The summed E-state index contributed by atoms with van der Waals surface area (Å²) in [6.07, 6.45) is 3.79. The van der Waals surface area contributed by atoms with Gasteiger partial charge in [-0.25, -0.2) is 0 Å². The van der Waals surface area contributed by atoms with Crippen molar-refractivity contribution in [1.82, 2.24) is 10.2 Å². The van der Waals surface area contributed by atoms with E-state index < -0.39 is 0 Å². The van der Waals surface area contributed by atoms with Crippen LogP contribution in [-0.4, -0.2) is 36.5 Å². The van der Waals surface area contributed by atoms with Gasteiger partial charge in [0.2, 0.25) is 5.91 Å². The molecule has 5 nitrogen and oxygen atoms in total. The molecule has 2 unspecified atom stereocenters. The Balaban J connectivity index is 1.73. The predicted octanol–water partition coefficient (Wildman–Crippen LogP) is 1.52. The number of carbonyl (C=O) groups is 1. The second-order valence-corrected chi connectivity index (χ2v) is 5.78. The molecule has 0 saturated carbocycles. The summed E-state index contributed by atoms with van der Waals surface area (Å²) in [4.78, 5) is 14.2. The molecule has 112 valence electrons. The quantitative estimate of drug-likeness (QED) is 0.857. The van der Waals surface area contributed by atoms with Crippen molar-refractivity contribution in [2.24, 2.45) is 11.7 Å². The second-order valence-electron chi connectivity index (χ2n) is 5.78. The fourth-order valence-electron chi connectivity index (χ4n) is 2.74. The van der Waals surface area contributed by atoms with E-state index in [0.717, 1.165) is 31.7 Å². The highest BCUT2D eigenvalue weighted by molar-refractivity contribution is 5.78. The molecule has 2 atom stereocenters. The number of hydrogen-bond donors (Lipinski definition) is 2. The number of amides is 1. The summed E-state index contributed by atoms with van der Waals surface area (Å²) in [5.41, 5.74) is 5.93. The van der Waals surface area contributed by atoms with Crippen molar-refractivity contribution in [3.63, 3.8) is 0 Å². The van der Waals surface area contributed by atoms with Crippen LogP contribution in [0.25, 0.3) is 0 Å². The lowest BCUT2D eigenvalue weighted by atomic mass is 9.91. The topological polar surface area (TPSA) is 71.5 Å². The molecule has 0 aliphatic carbocycles. The molecule has 2 heterocycles. The molecule has 20 heavy (non-hydrogen) atoms. The van der Waals surface area contributed by atoms with Crippen LogP contribution in [0.3, 0.4) is 0 Å². The van der Waals surface area contributed by atoms with Crippen molar-refractivity contribution < 1.29 is 9.21 Å². The third-order valence-corrected chi connectivity index (χ3v) is 4.09. The number of likely N-dealkylation sites (tertiary alicyclic amines) is 1. The van der Waals surface area contributed by atoms with Gasteiger partial charge in [-0.3, -0.25) is 9.69 Å². The van der Waals surface area contributed by atoms with Gasteiger partial charge in [0.1, 0.15) is 5.76 Å². The van der Waals surface area contributed by atoms with Crippen LogP contribution in [0.4, 0.5) is 0 Å². The van der Waals surface area contributed by atoms with Gasteiger partial charge in [-0.15, -0.1) is 0 Å². The molecule has 1 saturated heterocycles. The summed E-state index contributed by atoms with van der Waals surface area (Å²) in [6.45, 7) is 6.36. The molecule has 2 rings (SSSR count). The highest BCUT2D eigenvalue weighted by Gasteiger charge is 2.23. The average molecular weight is 279 g/mol. The predicted molar refractivity (Wildman–Crippen MR) is 78.1 cm³/mol. The molecule has 1 amide bonds. The average Bonchev–Trinajstić information content (AvgIpc) is 2.93. The van der Waals surface area contributed by atoms with E-state index >= 15 is 0 Å². The van der Waals surface area contributed by atoms with Gasteiger partial charge >= 0.3 is 0 Å². The molecule has 0 aromatic carbocycles. The molecular formula is C15H25N3O2. The van der Waals surface area contributed by atoms with Crippen molar-refractivity contribution in [1.29, 1.82) is 0 Å². The van der Waals surface area contributed by atoms with Crippen LogP contribution in [0.5, 0.6) is 0 Å². The molecule has 1 fully saturated rings. The van der Waals surface area contributed by atoms with Crippen LogP contribution in [0.15, 0.2) is 22.8 Å². The van der Waals surface area contributed by atoms with Crippen LogP contribution < -0.4 is 11.1 Å². The van der Waals surface area contributed by atoms with E-state index in [2.05, 4.69) is 17.1 Å². The first kappa shape index (κ1) is 15.1. The van der Waals surface area contributed by atoms with Gasteiger partial charge in [-0.05, 0) is 57.8 Å². The Hall–Kier alpha value is -1.33. The molecule has 1 aromatic heterocycles. The Kier molecular flexibility index (Phi) is 5.20. The van der Waals surface area contributed by atoms with Crippen LogP contribution in [-0.2, 0) is 4.79 Å². The fourth-order valence-corrected chi connectivity index (χ4v) is 2.74. The van der Waals surface area contributed by atoms with Gasteiger partial charge in [0.05, 0.1) is 18.8 Å². The van der Waals surface area contributed by atoms with Gasteiger partial charge in [0.25, 0.3) is 0 Å². The zero-order chi connectivity index (χ0) is 14.5. The highest BCUT2D eigenvalue weighted by atomic mass is 16.3. The summed E-state index contributed by atoms with van der Waals surface area (Å²) >= 11 is 0.